The summed E-state index contributed by atoms with van der Waals surface area (Å²) in [5, 5.41) is 2.98. The molecule has 1 fully saturated rings. The third-order valence-corrected chi connectivity index (χ3v) is 4.22. The Hall–Kier alpha value is -2.08. The lowest BCUT2D eigenvalue weighted by molar-refractivity contribution is 0.0147. The summed E-state index contributed by atoms with van der Waals surface area (Å²) >= 11 is 0. The molecule has 1 aliphatic heterocycles. The molecule has 6 nitrogen and oxygen atoms in total. The third kappa shape index (κ3) is 6.33. The number of ether oxygens (including phenoxy) is 1. The number of carbonyl (C=O) groups excluding carboxylic acids is 2. The van der Waals surface area contributed by atoms with Crippen LogP contribution in [0.5, 0.6) is 0 Å². The second-order valence-electron chi connectivity index (χ2n) is 7.94. The lowest BCUT2D eigenvalue weighted by atomic mass is 10.1. The van der Waals surface area contributed by atoms with Gasteiger partial charge in [0.25, 0.3) is 5.91 Å². The minimum Gasteiger partial charge on any atom is -0.444 e. The minimum absolute atomic E-state index is 0.0378. The molecule has 0 unspecified atom stereocenters. The predicted molar refractivity (Wildman–Crippen MR) is 102 cm³/mol. The molecule has 1 aromatic rings. The first-order valence-electron chi connectivity index (χ1n) is 9.21. The van der Waals surface area contributed by atoms with Crippen molar-refractivity contribution in [2.45, 2.75) is 40.2 Å². The summed E-state index contributed by atoms with van der Waals surface area (Å²) in [4.78, 5) is 28.3. The molecule has 0 bridgehead atoms. The smallest absolute Gasteiger partial charge is 0.410 e. The molecule has 144 valence electrons. The van der Waals surface area contributed by atoms with Crippen LogP contribution in [0.2, 0.25) is 0 Å². The van der Waals surface area contributed by atoms with Crippen LogP contribution in [-0.4, -0.2) is 66.7 Å². The number of carbonyl (C=O) groups is 2. The lowest BCUT2D eigenvalue weighted by Crippen LogP contribution is -2.51. The van der Waals surface area contributed by atoms with E-state index in [9.17, 15) is 9.59 Å². The van der Waals surface area contributed by atoms with Crippen molar-refractivity contribution in [1.29, 1.82) is 0 Å². The molecule has 0 atom stereocenters. The topological polar surface area (TPSA) is 61.9 Å². The molecule has 1 aromatic carbocycles. The summed E-state index contributed by atoms with van der Waals surface area (Å²) in [7, 11) is 0. The van der Waals surface area contributed by atoms with Gasteiger partial charge in [0.1, 0.15) is 5.60 Å². The van der Waals surface area contributed by atoms with Crippen LogP contribution >= 0.6 is 0 Å². The number of nitrogens with zero attached hydrogens (tertiary/aromatic N) is 2. The van der Waals surface area contributed by atoms with E-state index in [1.165, 1.54) is 0 Å². The van der Waals surface area contributed by atoms with Gasteiger partial charge in [-0.15, -0.1) is 0 Å². The zero-order valence-corrected chi connectivity index (χ0v) is 16.6. The Balaban J connectivity index is 1.72. The second-order valence-corrected chi connectivity index (χ2v) is 7.94. The predicted octanol–water partition coefficient (Wildman–Crippen LogP) is 2.59. The minimum atomic E-state index is -0.466. The summed E-state index contributed by atoms with van der Waals surface area (Å²) in [6.45, 7) is 13.9. The van der Waals surface area contributed by atoms with Gasteiger partial charge in [-0.25, -0.2) is 4.79 Å². The van der Waals surface area contributed by atoms with Crippen molar-refractivity contribution in [2.75, 3.05) is 39.3 Å². The number of hydrogen-bond acceptors (Lipinski definition) is 4. The Morgan fingerprint density at radius 1 is 1.04 bits per heavy atom. The summed E-state index contributed by atoms with van der Waals surface area (Å²) < 4.78 is 5.40. The number of rotatable bonds is 4. The van der Waals surface area contributed by atoms with Gasteiger partial charge in [-0.2, -0.15) is 0 Å². The molecule has 0 saturated carbocycles. The molecule has 2 amide bonds. The Morgan fingerprint density at radius 3 is 2.15 bits per heavy atom. The highest BCUT2D eigenvalue weighted by atomic mass is 16.6. The van der Waals surface area contributed by atoms with E-state index < -0.39 is 5.60 Å². The van der Waals surface area contributed by atoms with Crippen LogP contribution in [0.3, 0.4) is 0 Å². The summed E-state index contributed by atoms with van der Waals surface area (Å²) in [6.07, 6.45) is -0.250. The quantitative estimate of drug-likeness (QED) is 0.895. The van der Waals surface area contributed by atoms with E-state index >= 15 is 0 Å². The first kappa shape index (κ1) is 20.2. The largest absolute Gasteiger partial charge is 0.444 e. The van der Waals surface area contributed by atoms with Crippen LogP contribution in [0.1, 0.15) is 42.3 Å². The van der Waals surface area contributed by atoms with Gasteiger partial charge in [-0.3, -0.25) is 9.69 Å². The molecule has 1 heterocycles. The normalized spacial score (nSPS) is 15.7. The maximum Gasteiger partial charge on any atom is 0.410 e. The fourth-order valence-electron chi connectivity index (χ4n) is 3.02. The molecule has 0 aliphatic carbocycles. The van der Waals surface area contributed by atoms with Crippen molar-refractivity contribution in [3.05, 3.63) is 34.9 Å². The number of nitrogens with one attached hydrogen (secondary N) is 1. The average Bonchev–Trinajstić information content (AvgIpc) is 2.52. The Labute approximate surface area is 156 Å². The van der Waals surface area contributed by atoms with Gasteiger partial charge in [-0.05, 0) is 46.8 Å². The maximum atomic E-state index is 12.3. The molecule has 1 N–H and O–H groups in total. The summed E-state index contributed by atoms with van der Waals surface area (Å²) in [6, 6.07) is 5.87. The van der Waals surface area contributed by atoms with E-state index in [2.05, 4.69) is 16.3 Å². The van der Waals surface area contributed by atoms with Crippen LogP contribution in [0.4, 0.5) is 4.79 Å². The van der Waals surface area contributed by atoms with Crippen LogP contribution in [0, 0.1) is 13.8 Å². The standard InChI is InChI=1S/C20H31N3O3/c1-15-12-16(2)14-17(13-15)18(24)21-6-7-22-8-10-23(11-9-22)19(25)26-20(3,4)5/h12-14H,6-11H2,1-5H3,(H,21,24). The third-order valence-electron chi connectivity index (χ3n) is 4.22. The molecule has 0 spiro atoms. The molecule has 26 heavy (non-hydrogen) atoms. The van der Waals surface area contributed by atoms with Crippen LogP contribution in [-0.2, 0) is 4.74 Å². The van der Waals surface area contributed by atoms with Gasteiger partial charge in [0.15, 0.2) is 0 Å². The van der Waals surface area contributed by atoms with E-state index in [0.29, 0.717) is 25.2 Å². The summed E-state index contributed by atoms with van der Waals surface area (Å²) in [5.41, 5.74) is 2.42. The van der Waals surface area contributed by atoms with Crippen molar-refractivity contribution in [3.8, 4) is 0 Å². The van der Waals surface area contributed by atoms with Gasteiger partial charge in [0, 0.05) is 44.8 Å². The van der Waals surface area contributed by atoms with Crippen LogP contribution < -0.4 is 5.32 Å². The fourth-order valence-corrected chi connectivity index (χ4v) is 3.02. The van der Waals surface area contributed by atoms with Crippen LogP contribution in [0.15, 0.2) is 18.2 Å². The van der Waals surface area contributed by atoms with E-state index in [-0.39, 0.29) is 12.0 Å². The summed E-state index contributed by atoms with van der Waals surface area (Å²) in [5.74, 6) is -0.0378. The van der Waals surface area contributed by atoms with Gasteiger partial charge < -0.3 is 15.0 Å². The van der Waals surface area contributed by atoms with Crippen molar-refractivity contribution in [2.24, 2.45) is 0 Å². The van der Waals surface area contributed by atoms with E-state index in [1.807, 2.05) is 46.8 Å². The second kappa shape index (κ2) is 8.54. The van der Waals surface area contributed by atoms with Crippen molar-refractivity contribution >= 4 is 12.0 Å². The molecule has 6 heteroatoms. The highest BCUT2D eigenvalue weighted by Crippen LogP contribution is 2.12. The number of piperazine rings is 1. The molecule has 1 aliphatic rings. The first-order chi connectivity index (χ1) is 12.1. The SMILES string of the molecule is Cc1cc(C)cc(C(=O)NCCN2CCN(C(=O)OC(C)(C)C)CC2)c1. The first-order valence-corrected chi connectivity index (χ1v) is 9.21. The lowest BCUT2D eigenvalue weighted by Gasteiger charge is -2.35. The highest BCUT2D eigenvalue weighted by Gasteiger charge is 2.25. The van der Waals surface area contributed by atoms with Gasteiger partial charge in [0.05, 0.1) is 0 Å². The zero-order valence-electron chi connectivity index (χ0n) is 16.6. The Bertz CT molecular complexity index is 624. The fraction of sp³-hybridized carbons (Fsp3) is 0.600. The highest BCUT2D eigenvalue weighted by molar-refractivity contribution is 5.94. The average molecular weight is 361 g/mol. The van der Waals surface area contributed by atoms with E-state index in [4.69, 9.17) is 4.74 Å². The Kier molecular flexibility index (Phi) is 6.64. The molecule has 1 saturated heterocycles. The van der Waals surface area contributed by atoms with Gasteiger partial charge >= 0.3 is 6.09 Å². The zero-order chi connectivity index (χ0) is 19.3. The number of hydrogen-bond donors (Lipinski definition) is 1. The van der Waals surface area contributed by atoms with E-state index in [1.54, 1.807) is 4.90 Å². The van der Waals surface area contributed by atoms with Gasteiger partial charge in [0.2, 0.25) is 0 Å². The van der Waals surface area contributed by atoms with Crippen molar-refractivity contribution in [3.63, 3.8) is 0 Å². The van der Waals surface area contributed by atoms with Crippen LogP contribution in [0.25, 0.3) is 0 Å². The van der Waals surface area contributed by atoms with Gasteiger partial charge in [-0.1, -0.05) is 17.2 Å². The molecule has 2 rings (SSSR count). The van der Waals surface area contributed by atoms with E-state index in [0.717, 1.165) is 30.8 Å². The van der Waals surface area contributed by atoms with Crippen molar-refractivity contribution in [1.82, 2.24) is 15.1 Å². The maximum absolute atomic E-state index is 12.3. The Morgan fingerprint density at radius 2 is 1.62 bits per heavy atom. The molecule has 0 radical (unpaired) electrons. The molecular formula is C20H31N3O3. The number of benzene rings is 1. The number of aryl methyl sites for hydroxylation is 2. The number of amides is 2. The molecular weight excluding hydrogens is 330 g/mol. The molecule has 0 aromatic heterocycles. The van der Waals surface area contributed by atoms with Crippen molar-refractivity contribution < 1.29 is 14.3 Å². The monoisotopic (exact) mass is 361 g/mol.